The minimum absolute atomic E-state index is 0.185. The topological polar surface area (TPSA) is 56.2 Å². The fourth-order valence-corrected chi connectivity index (χ4v) is 1.96. The molecule has 0 bridgehead atoms. The van der Waals surface area contributed by atoms with Gasteiger partial charge in [-0.3, -0.25) is 9.48 Å². The van der Waals surface area contributed by atoms with Crippen LogP contribution in [0.25, 0.3) is 0 Å². The molecule has 0 unspecified atom stereocenters. The lowest BCUT2D eigenvalue weighted by Gasteiger charge is -2.08. The van der Waals surface area contributed by atoms with Gasteiger partial charge in [-0.15, -0.1) is 0 Å². The monoisotopic (exact) mass is 267 g/mol. The van der Waals surface area contributed by atoms with E-state index in [1.165, 1.54) is 5.56 Å². The van der Waals surface area contributed by atoms with E-state index in [0.717, 1.165) is 24.5 Å². The third kappa shape index (κ3) is 4.67. The molecule has 108 valence electrons. The van der Waals surface area contributed by atoms with Gasteiger partial charge in [0.15, 0.2) is 0 Å². The summed E-state index contributed by atoms with van der Waals surface area (Å²) in [4.78, 5) is 11.5. The summed E-state index contributed by atoms with van der Waals surface area (Å²) in [6.07, 6.45) is 0. The van der Waals surface area contributed by atoms with Gasteiger partial charge < -0.3 is 10.1 Å². The van der Waals surface area contributed by atoms with E-state index < -0.39 is 0 Å². The first-order chi connectivity index (χ1) is 8.95. The van der Waals surface area contributed by atoms with Crippen molar-refractivity contribution >= 4 is 5.97 Å². The van der Waals surface area contributed by atoms with Crippen LogP contribution in [0.5, 0.6) is 0 Å². The average Bonchev–Trinajstić information content (AvgIpc) is 2.56. The Balaban J connectivity index is 2.68. The van der Waals surface area contributed by atoms with Crippen molar-refractivity contribution in [3.8, 4) is 0 Å². The van der Waals surface area contributed by atoms with Gasteiger partial charge in [-0.1, -0.05) is 13.8 Å². The third-order valence-corrected chi connectivity index (χ3v) is 2.97. The van der Waals surface area contributed by atoms with Crippen LogP contribution in [0.2, 0.25) is 0 Å². The summed E-state index contributed by atoms with van der Waals surface area (Å²) in [7, 11) is 0. The molecule has 0 saturated carbocycles. The van der Waals surface area contributed by atoms with E-state index in [9.17, 15) is 4.79 Å². The van der Waals surface area contributed by atoms with E-state index >= 15 is 0 Å². The minimum atomic E-state index is -0.241. The van der Waals surface area contributed by atoms with Gasteiger partial charge >= 0.3 is 5.97 Å². The zero-order valence-electron chi connectivity index (χ0n) is 12.6. The summed E-state index contributed by atoms with van der Waals surface area (Å²) >= 11 is 0. The summed E-state index contributed by atoms with van der Waals surface area (Å²) in [6.45, 7) is 12.5. The fraction of sp³-hybridized carbons (Fsp3) is 0.714. The largest absolute Gasteiger partial charge is 0.465 e. The molecular weight excluding hydrogens is 242 g/mol. The van der Waals surface area contributed by atoms with Crippen molar-refractivity contribution < 1.29 is 9.53 Å². The molecular formula is C14H25N3O2. The van der Waals surface area contributed by atoms with E-state index in [2.05, 4.69) is 24.3 Å². The van der Waals surface area contributed by atoms with Crippen LogP contribution in [0.15, 0.2) is 0 Å². The second-order valence-corrected chi connectivity index (χ2v) is 5.14. The first-order valence-corrected chi connectivity index (χ1v) is 6.84. The Morgan fingerprint density at radius 1 is 1.42 bits per heavy atom. The molecule has 1 aromatic heterocycles. The van der Waals surface area contributed by atoms with E-state index in [4.69, 9.17) is 4.74 Å². The summed E-state index contributed by atoms with van der Waals surface area (Å²) in [5.74, 6) is 0.380. The van der Waals surface area contributed by atoms with E-state index in [1.54, 1.807) is 11.6 Å². The standard InChI is InChI=1S/C14H25N3O2/c1-6-19-14(18)9-17-12(5)13(11(4)16-17)8-15-7-10(2)3/h10,15H,6-9H2,1-5H3. The second kappa shape index (κ2) is 7.28. The molecule has 0 saturated heterocycles. The van der Waals surface area contributed by atoms with Crippen LogP contribution < -0.4 is 5.32 Å². The second-order valence-electron chi connectivity index (χ2n) is 5.14. The maximum Gasteiger partial charge on any atom is 0.327 e. The Bertz CT molecular complexity index is 425. The Morgan fingerprint density at radius 3 is 2.68 bits per heavy atom. The highest BCUT2D eigenvalue weighted by Crippen LogP contribution is 2.13. The molecule has 0 fully saturated rings. The van der Waals surface area contributed by atoms with Crippen LogP contribution in [-0.2, 0) is 22.6 Å². The lowest BCUT2D eigenvalue weighted by atomic mass is 10.2. The summed E-state index contributed by atoms with van der Waals surface area (Å²) in [5, 5.41) is 7.81. The van der Waals surface area contributed by atoms with Crippen LogP contribution in [-0.4, -0.2) is 28.9 Å². The molecule has 0 aromatic carbocycles. The molecule has 1 rings (SSSR count). The molecule has 0 aliphatic carbocycles. The summed E-state index contributed by atoms with van der Waals surface area (Å²) < 4.78 is 6.67. The molecule has 0 radical (unpaired) electrons. The number of carbonyl (C=O) groups is 1. The summed E-state index contributed by atoms with van der Waals surface area (Å²) in [5.41, 5.74) is 3.17. The molecule has 0 amide bonds. The Kier molecular flexibility index (Phi) is 6.02. The number of ether oxygens (including phenoxy) is 1. The van der Waals surface area contributed by atoms with Crippen LogP contribution in [0, 0.1) is 19.8 Å². The smallest absolute Gasteiger partial charge is 0.327 e. The van der Waals surface area contributed by atoms with Crippen molar-refractivity contribution in [3.05, 3.63) is 17.0 Å². The number of hydrogen-bond acceptors (Lipinski definition) is 4. The number of aromatic nitrogens is 2. The maximum absolute atomic E-state index is 11.5. The van der Waals surface area contributed by atoms with E-state index in [1.807, 2.05) is 13.8 Å². The zero-order chi connectivity index (χ0) is 14.4. The van der Waals surface area contributed by atoms with Crippen molar-refractivity contribution in [2.75, 3.05) is 13.2 Å². The quantitative estimate of drug-likeness (QED) is 0.766. The van der Waals surface area contributed by atoms with Gasteiger partial charge in [0.2, 0.25) is 0 Å². The normalized spacial score (nSPS) is 11.1. The molecule has 5 heteroatoms. The van der Waals surface area contributed by atoms with Gasteiger partial charge in [0, 0.05) is 17.8 Å². The molecule has 19 heavy (non-hydrogen) atoms. The highest BCUT2D eigenvalue weighted by Gasteiger charge is 2.14. The minimum Gasteiger partial charge on any atom is -0.465 e. The number of aryl methyl sites for hydroxylation is 1. The highest BCUT2D eigenvalue weighted by molar-refractivity contribution is 5.69. The number of nitrogens with one attached hydrogen (secondary N) is 1. The maximum atomic E-state index is 11.5. The van der Waals surface area contributed by atoms with Crippen LogP contribution >= 0.6 is 0 Å². The SMILES string of the molecule is CCOC(=O)Cn1nc(C)c(CNCC(C)C)c1C. The van der Waals surface area contributed by atoms with Gasteiger partial charge in [-0.25, -0.2) is 0 Å². The van der Waals surface area contributed by atoms with Crippen LogP contribution in [0.3, 0.4) is 0 Å². The lowest BCUT2D eigenvalue weighted by Crippen LogP contribution is -2.20. The molecule has 1 N–H and O–H groups in total. The fourth-order valence-electron chi connectivity index (χ4n) is 1.96. The Hall–Kier alpha value is -1.36. The number of rotatable bonds is 7. The zero-order valence-corrected chi connectivity index (χ0v) is 12.6. The molecule has 0 aliphatic rings. The molecule has 0 aliphatic heterocycles. The van der Waals surface area contributed by atoms with Crippen molar-refractivity contribution in [2.45, 2.75) is 47.7 Å². The predicted octanol–water partition coefficient (Wildman–Crippen LogP) is 1.81. The summed E-state index contributed by atoms with van der Waals surface area (Å²) in [6, 6.07) is 0. The van der Waals surface area contributed by atoms with Crippen molar-refractivity contribution in [3.63, 3.8) is 0 Å². The molecule has 0 spiro atoms. The van der Waals surface area contributed by atoms with Crippen LogP contribution in [0.1, 0.15) is 37.7 Å². The molecule has 1 heterocycles. The number of nitrogens with zero attached hydrogens (tertiary/aromatic N) is 2. The first kappa shape index (κ1) is 15.7. The lowest BCUT2D eigenvalue weighted by molar-refractivity contribution is -0.144. The highest BCUT2D eigenvalue weighted by atomic mass is 16.5. The number of carbonyl (C=O) groups excluding carboxylic acids is 1. The average molecular weight is 267 g/mol. The Morgan fingerprint density at radius 2 is 2.11 bits per heavy atom. The van der Waals surface area contributed by atoms with E-state index in [0.29, 0.717) is 12.5 Å². The third-order valence-electron chi connectivity index (χ3n) is 2.97. The van der Waals surface area contributed by atoms with Crippen LogP contribution in [0.4, 0.5) is 0 Å². The first-order valence-electron chi connectivity index (χ1n) is 6.84. The number of esters is 1. The molecule has 5 nitrogen and oxygen atoms in total. The van der Waals surface area contributed by atoms with Gasteiger partial charge in [-0.05, 0) is 33.2 Å². The van der Waals surface area contributed by atoms with Gasteiger partial charge in [-0.2, -0.15) is 5.10 Å². The Labute approximate surface area is 115 Å². The number of hydrogen-bond donors (Lipinski definition) is 1. The van der Waals surface area contributed by atoms with Gasteiger partial charge in [0.25, 0.3) is 0 Å². The van der Waals surface area contributed by atoms with Crippen molar-refractivity contribution in [2.24, 2.45) is 5.92 Å². The van der Waals surface area contributed by atoms with E-state index in [-0.39, 0.29) is 12.5 Å². The van der Waals surface area contributed by atoms with Crippen molar-refractivity contribution in [1.29, 1.82) is 0 Å². The van der Waals surface area contributed by atoms with Gasteiger partial charge in [0.1, 0.15) is 6.54 Å². The van der Waals surface area contributed by atoms with Crippen molar-refractivity contribution in [1.82, 2.24) is 15.1 Å². The molecule has 1 aromatic rings. The predicted molar refractivity (Wildman–Crippen MR) is 74.9 cm³/mol. The van der Waals surface area contributed by atoms with Gasteiger partial charge in [0.05, 0.1) is 12.3 Å². The molecule has 0 atom stereocenters.